The van der Waals surface area contributed by atoms with Crippen LogP contribution in [-0.2, 0) is 18.9 Å². The van der Waals surface area contributed by atoms with Gasteiger partial charge in [-0.15, -0.1) is 0 Å². The Morgan fingerprint density at radius 3 is 1.76 bits per heavy atom. The molecule has 18 heteroatoms. The molecule has 0 spiro atoms. The van der Waals surface area contributed by atoms with Crippen LogP contribution in [0.4, 0.5) is 61.5 Å². The Morgan fingerprint density at radius 1 is 0.818 bits per heavy atom. The summed E-state index contributed by atoms with van der Waals surface area (Å²) in [5.74, 6) is -37.2. The molecule has 1 rings (SSSR count). The summed E-state index contributed by atoms with van der Waals surface area (Å²) in [4.78, 5) is 0. The van der Waals surface area contributed by atoms with E-state index in [2.05, 4.69) is 18.9 Å². The minimum absolute atomic E-state index is 0.618. The average molecular weight is 526 g/mol. The highest BCUT2D eigenvalue weighted by Crippen LogP contribution is 2.60. The summed E-state index contributed by atoms with van der Waals surface area (Å²) >= 11 is 0. The standard InChI is InChI=1S/C15H16F14O4/c1-7(2)32-15(29)31-6-8(33-15)5-30-4-3-9(16,17)10(18,19)11(20,21)12(22,23)13(24,25)14(26,27)28/h7-8H,3-6H2,1-2H3. The van der Waals surface area contributed by atoms with E-state index in [-0.39, 0.29) is 0 Å². The summed E-state index contributed by atoms with van der Waals surface area (Å²) in [7, 11) is 0. The van der Waals surface area contributed by atoms with E-state index in [0.29, 0.717) is 0 Å². The van der Waals surface area contributed by atoms with E-state index in [1.165, 1.54) is 13.8 Å². The summed E-state index contributed by atoms with van der Waals surface area (Å²) in [5.41, 5.74) is 0. The van der Waals surface area contributed by atoms with E-state index in [1.54, 1.807) is 0 Å². The monoisotopic (exact) mass is 526 g/mol. The fourth-order valence-electron chi connectivity index (χ4n) is 2.26. The fourth-order valence-corrected chi connectivity index (χ4v) is 2.26. The highest BCUT2D eigenvalue weighted by Gasteiger charge is 2.90. The van der Waals surface area contributed by atoms with E-state index in [0.717, 1.165) is 0 Å². The van der Waals surface area contributed by atoms with Crippen molar-refractivity contribution in [3.05, 3.63) is 0 Å². The van der Waals surface area contributed by atoms with Crippen molar-refractivity contribution in [3.63, 3.8) is 0 Å². The van der Waals surface area contributed by atoms with Crippen molar-refractivity contribution in [2.45, 2.75) is 74.5 Å². The van der Waals surface area contributed by atoms with Crippen LogP contribution in [0.3, 0.4) is 0 Å². The third-order valence-electron chi connectivity index (χ3n) is 3.99. The van der Waals surface area contributed by atoms with Crippen molar-refractivity contribution in [2.24, 2.45) is 0 Å². The summed E-state index contributed by atoms with van der Waals surface area (Å²) in [6.07, 6.45) is -15.2. The third kappa shape index (κ3) is 5.58. The first-order valence-corrected chi connectivity index (χ1v) is 8.67. The summed E-state index contributed by atoms with van der Waals surface area (Å²) in [6.45, 7) is -0.418. The van der Waals surface area contributed by atoms with Gasteiger partial charge in [-0.05, 0) is 13.8 Å². The number of alkyl halides is 14. The smallest absolute Gasteiger partial charge is 0.378 e. The molecule has 1 aliphatic heterocycles. The van der Waals surface area contributed by atoms with Crippen LogP contribution < -0.4 is 0 Å². The molecule has 0 radical (unpaired) electrons. The Bertz CT molecular complexity index is 665. The zero-order valence-corrected chi connectivity index (χ0v) is 16.4. The van der Waals surface area contributed by atoms with Crippen LogP contribution in [0, 0.1) is 0 Å². The second kappa shape index (κ2) is 9.14. The lowest BCUT2D eigenvalue weighted by Gasteiger charge is -2.39. The predicted octanol–water partition coefficient (Wildman–Crippen LogP) is 5.55. The SMILES string of the molecule is CC(C)OC1(F)OCC(COCCC(F)(F)C(F)(F)C(F)(F)C(F)(F)C(F)(F)C(F)(F)F)O1. The molecule has 2 unspecified atom stereocenters. The van der Waals surface area contributed by atoms with Crippen molar-refractivity contribution >= 4 is 0 Å². The van der Waals surface area contributed by atoms with Gasteiger partial charge in [0.05, 0.1) is 25.9 Å². The molecule has 0 aliphatic carbocycles. The van der Waals surface area contributed by atoms with E-state index < -0.39 is 80.5 Å². The maximum atomic E-state index is 13.9. The topological polar surface area (TPSA) is 36.9 Å². The highest BCUT2D eigenvalue weighted by molar-refractivity contribution is 5.10. The summed E-state index contributed by atoms with van der Waals surface area (Å²) in [6, 6.07) is 0. The molecule has 0 N–H and O–H groups in total. The minimum atomic E-state index is -7.96. The van der Waals surface area contributed by atoms with Crippen LogP contribution in [0.5, 0.6) is 0 Å². The van der Waals surface area contributed by atoms with Crippen molar-refractivity contribution in [1.82, 2.24) is 0 Å². The maximum absolute atomic E-state index is 13.9. The first kappa shape index (κ1) is 29.9. The van der Waals surface area contributed by atoms with Crippen LogP contribution in [-0.4, -0.2) is 74.0 Å². The molecule has 0 saturated carbocycles. The van der Waals surface area contributed by atoms with Gasteiger partial charge in [0.1, 0.15) is 6.10 Å². The number of halogens is 14. The first-order chi connectivity index (χ1) is 14.5. The van der Waals surface area contributed by atoms with Crippen molar-refractivity contribution in [2.75, 3.05) is 19.8 Å². The van der Waals surface area contributed by atoms with Gasteiger partial charge in [0, 0.05) is 6.42 Å². The van der Waals surface area contributed by atoms with E-state index >= 15 is 0 Å². The van der Waals surface area contributed by atoms with Crippen LogP contribution in [0.2, 0.25) is 0 Å². The quantitative estimate of drug-likeness (QED) is 0.261. The van der Waals surface area contributed by atoms with Crippen molar-refractivity contribution < 1.29 is 80.4 Å². The van der Waals surface area contributed by atoms with E-state index in [4.69, 9.17) is 0 Å². The van der Waals surface area contributed by atoms with E-state index in [9.17, 15) is 61.5 Å². The van der Waals surface area contributed by atoms with Gasteiger partial charge in [0.2, 0.25) is 0 Å². The largest absolute Gasteiger partial charge is 0.460 e. The lowest BCUT2D eigenvalue weighted by Crippen LogP contribution is -2.70. The molecule has 198 valence electrons. The van der Waals surface area contributed by atoms with Crippen molar-refractivity contribution in [3.8, 4) is 0 Å². The zero-order chi connectivity index (χ0) is 26.3. The molecular formula is C15H16F14O4. The predicted molar refractivity (Wildman–Crippen MR) is 77.1 cm³/mol. The molecule has 0 amide bonds. The van der Waals surface area contributed by atoms with Gasteiger partial charge in [-0.1, -0.05) is 0 Å². The minimum Gasteiger partial charge on any atom is -0.378 e. The van der Waals surface area contributed by atoms with Gasteiger partial charge in [-0.3, -0.25) is 14.2 Å². The molecule has 4 nitrogen and oxygen atoms in total. The Hall–Kier alpha value is -1.14. The van der Waals surface area contributed by atoms with Crippen LogP contribution >= 0.6 is 0 Å². The lowest BCUT2D eigenvalue weighted by molar-refractivity contribution is -0.440. The summed E-state index contributed by atoms with van der Waals surface area (Å²) < 4.78 is 200. The Balaban J connectivity index is 2.83. The normalized spacial score (nSPS) is 24.1. The zero-order valence-electron chi connectivity index (χ0n) is 16.4. The molecule has 1 aliphatic rings. The average Bonchev–Trinajstić information content (AvgIpc) is 2.96. The lowest BCUT2D eigenvalue weighted by atomic mass is 9.93. The van der Waals surface area contributed by atoms with Gasteiger partial charge in [-0.25, -0.2) is 0 Å². The number of ether oxygens (including phenoxy) is 4. The molecule has 33 heavy (non-hydrogen) atoms. The molecule has 0 aromatic carbocycles. The molecule has 0 aromatic heterocycles. The second-order valence-electron chi connectivity index (χ2n) is 7.02. The molecule has 1 fully saturated rings. The van der Waals surface area contributed by atoms with Crippen LogP contribution in [0.25, 0.3) is 0 Å². The maximum Gasteiger partial charge on any atom is 0.460 e. The third-order valence-corrected chi connectivity index (χ3v) is 3.99. The Morgan fingerprint density at radius 2 is 1.30 bits per heavy atom. The first-order valence-electron chi connectivity index (χ1n) is 8.67. The number of hydrogen-bond acceptors (Lipinski definition) is 4. The number of rotatable bonds is 11. The van der Waals surface area contributed by atoms with Gasteiger partial charge in [0.25, 0.3) is 0 Å². The molecule has 1 saturated heterocycles. The fraction of sp³-hybridized carbons (Fsp3) is 1.00. The highest BCUT2D eigenvalue weighted by atomic mass is 19.4. The molecule has 1 heterocycles. The van der Waals surface area contributed by atoms with Crippen molar-refractivity contribution in [1.29, 1.82) is 0 Å². The van der Waals surface area contributed by atoms with E-state index in [1.807, 2.05) is 0 Å². The molecule has 0 aromatic rings. The van der Waals surface area contributed by atoms with Crippen LogP contribution in [0.1, 0.15) is 20.3 Å². The molecular weight excluding hydrogens is 510 g/mol. The van der Waals surface area contributed by atoms with Gasteiger partial charge >= 0.3 is 42.0 Å². The van der Waals surface area contributed by atoms with Gasteiger partial charge in [-0.2, -0.15) is 61.5 Å². The Labute approximate surface area is 176 Å². The second-order valence-corrected chi connectivity index (χ2v) is 7.02. The molecule has 0 bridgehead atoms. The summed E-state index contributed by atoms with van der Waals surface area (Å²) in [5, 5.41) is 0. The van der Waals surface area contributed by atoms with Crippen LogP contribution in [0.15, 0.2) is 0 Å². The van der Waals surface area contributed by atoms with Gasteiger partial charge in [0.15, 0.2) is 0 Å². The Kier molecular flexibility index (Phi) is 8.28. The molecule has 2 atom stereocenters. The number of hydrogen-bond donors (Lipinski definition) is 0. The van der Waals surface area contributed by atoms with Gasteiger partial charge < -0.3 is 4.74 Å².